The molecule has 0 radical (unpaired) electrons. The Morgan fingerprint density at radius 1 is 0.903 bits per heavy atom. The fourth-order valence-electron chi connectivity index (χ4n) is 3.72. The predicted octanol–water partition coefficient (Wildman–Crippen LogP) is 5.10. The number of nitrogens with zero attached hydrogens (tertiary/aromatic N) is 1. The number of fused-ring (bicyclic) bond motifs is 1. The van der Waals surface area contributed by atoms with E-state index in [1.54, 1.807) is 4.90 Å². The molecule has 4 nitrogen and oxygen atoms in total. The van der Waals surface area contributed by atoms with Crippen molar-refractivity contribution < 1.29 is 9.59 Å². The van der Waals surface area contributed by atoms with Crippen molar-refractivity contribution >= 4 is 22.6 Å². The zero-order valence-corrected chi connectivity index (χ0v) is 18.7. The fourth-order valence-corrected chi connectivity index (χ4v) is 3.72. The van der Waals surface area contributed by atoms with Crippen molar-refractivity contribution in [1.29, 1.82) is 0 Å². The van der Waals surface area contributed by atoms with Gasteiger partial charge in [0.05, 0.1) is 0 Å². The maximum absolute atomic E-state index is 13.3. The topological polar surface area (TPSA) is 49.4 Å². The summed E-state index contributed by atoms with van der Waals surface area (Å²) in [5, 5.41) is 5.37. The summed E-state index contributed by atoms with van der Waals surface area (Å²) in [6.07, 6.45) is 1.86. The Bertz CT molecular complexity index is 1010. The summed E-state index contributed by atoms with van der Waals surface area (Å²) in [6, 6.07) is 23.8. The Kier molecular flexibility index (Phi) is 7.82. The van der Waals surface area contributed by atoms with Crippen LogP contribution in [-0.4, -0.2) is 28.8 Å². The Hall–Kier alpha value is -3.14. The number of hydrogen-bond donors (Lipinski definition) is 1. The van der Waals surface area contributed by atoms with Crippen molar-refractivity contribution in [2.24, 2.45) is 0 Å². The van der Waals surface area contributed by atoms with Crippen molar-refractivity contribution in [2.75, 3.05) is 0 Å². The number of rotatable bonds is 9. The van der Waals surface area contributed by atoms with Gasteiger partial charge in [0.2, 0.25) is 11.8 Å². The van der Waals surface area contributed by atoms with Gasteiger partial charge in [-0.2, -0.15) is 0 Å². The second-order valence-corrected chi connectivity index (χ2v) is 8.14. The monoisotopic (exact) mass is 416 g/mol. The van der Waals surface area contributed by atoms with Gasteiger partial charge in [-0.25, -0.2) is 0 Å². The van der Waals surface area contributed by atoms with Crippen LogP contribution >= 0.6 is 0 Å². The molecule has 3 aromatic rings. The highest BCUT2D eigenvalue weighted by Crippen LogP contribution is 2.21. The van der Waals surface area contributed by atoms with E-state index in [0.29, 0.717) is 19.4 Å². The van der Waals surface area contributed by atoms with Crippen LogP contribution in [0.1, 0.15) is 44.7 Å². The van der Waals surface area contributed by atoms with Gasteiger partial charge in [0.25, 0.3) is 0 Å². The number of aryl methyl sites for hydroxylation is 1. The summed E-state index contributed by atoms with van der Waals surface area (Å²) in [4.78, 5) is 27.8. The van der Waals surface area contributed by atoms with E-state index in [2.05, 4.69) is 29.6 Å². The van der Waals surface area contributed by atoms with Gasteiger partial charge in [0.15, 0.2) is 0 Å². The van der Waals surface area contributed by atoms with Crippen molar-refractivity contribution in [3.63, 3.8) is 0 Å². The molecule has 31 heavy (non-hydrogen) atoms. The van der Waals surface area contributed by atoms with Gasteiger partial charge in [-0.15, -0.1) is 0 Å². The molecule has 0 aliphatic heterocycles. The normalized spacial score (nSPS) is 12.9. The summed E-state index contributed by atoms with van der Waals surface area (Å²) in [7, 11) is 0. The first kappa shape index (κ1) is 22.5. The van der Waals surface area contributed by atoms with E-state index < -0.39 is 6.04 Å². The Morgan fingerprint density at radius 2 is 1.58 bits per heavy atom. The summed E-state index contributed by atoms with van der Waals surface area (Å²) >= 11 is 0. The highest BCUT2D eigenvalue weighted by molar-refractivity contribution is 5.89. The van der Waals surface area contributed by atoms with Gasteiger partial charge < -0.3 is 10.2 Å². The molecule has 3 aromatic carbocycles. The quantitative estimate of drug-likeness (QED) is 0.527. The van der Waals surface area contributed by atoms with E-state index >= 15 is 0 Å². The molecule has 0 aliphatic carbocycles. The van der Waals surface area contributed by atoms with Gasteiger partial charge in [-0.05, 0) is 48.6 Å². The van der Waals surface area contributed by atoms with Crippen LogP contribution < -0.4 is 5.32 Å². The standard InChI is InChI=1S/C27H32N2O2/c1-4-20(2)28-27(31)21(3)29(19-22-11-6-5-7-12-22)26(30)18-17-24-15-10-14-23-13-8-9-16-25(23)24/h5-16,20-21H,4,17-19H2,1-3H3,(H,28,31)/t20-,21-/m1/s1. The van der Waals surface area contributed by atoms with Crippen LogP contribution in [0.2, 0.25) is 0 Å². The first-order valence-electron chi connectivity index (χ1n) is 11.1. The zero-order valence-electron chi connectivity index (χ0n) is 18.7. The molecular formula is C27H32N2O2. The molecule has 0 unspecified atom stereocenters. The van der Waals surface area contributed by atoms with Crippen molar-refractivity contribution in [1.82, 2.24) is 10.2 Å². The van der Waals surface area contributed by atoms with Crippen LogP contribution in [-0.2, 0) is 22.6 Å². The number of benzene rings is 3. The van der Waals surface area contributed by atoms with Gasteiger partial charge in [-0.3, -0.25) is 9.59 Å². The number of amides is 2. The molecule has 0 saturated heterocycles. The van der Waals surface area contributed by atoms with Gasteiger partial charge in [0, 0.05) is 19.0 Å². The minimum Gasteiger partial charge on any atom is -0.352 e. The van der Waals surface area contributed by atoms with Gasteiger partial charge in [-0.1, -0.05) is 79.7 Å². The molecule has 0 fully saturated rings. The third kappa shape index (κ3) is 5.94. The maximum atomic E-state index is 13.3. The molecule has 0 saturated carbocycles. The van der Waals surface area contributed by atoms with Crippen LogP contribution in [0.3, 0.4) is 0 Å². The Balaban J connectivity index is 1.77. The summed E-state index contributed by atoms with van der Waals surface area (Å²) < 4.78 is 0. The van der Waals surface area contributed by atoms with E-state index in [4.69, 9.17) is 0 Å². The van der Waals surface area contributed by atoms with Crippen molar-refractivity contribution in [2.45, 2.75) is 58.7 Å². The third-order valence-corrected chi connectivity index (χ3v) is 5.85. The van der Waals surface area contributed by atoms with Crippen LogP contribution in [0.4, 0.5) is 0 Å². The highest BCUT2D eigenvalue weighted by Gasteiger charge is 2.26. The van der Waals surface area contributed by atoms with Crippen LogP contribution in [0, 0.1) is 0 Å². The molecule has 1 N–H and O–H groups in total. The molecular weight excluding hydrogens is 384 g/mol. The minimum absolute atomic E-state index is 0.0106. The lowest BCUT2D eigenvalue weighted by Crippen LogP contribution is -2.49. The van der Waals surface area contributed by atoms with Crippen molar-refractivity contribution in [3.8, 4) is 0 Å². The smallest absolute Gasteiger partial charge is 0.242 e. The van der Waals surface area contributed by atoms with Crippen LogP contribution in [0.25, 0.3) is 10.8 Å². The number of nitrogens with one attached hydrogen (secondary N) is 1. The average molecular weight is 417 g/mol. The number of carbonyl (C=O) groups excluding carboxylic acids is 2. The molecule has 0 heterocycles. The second kappa shape index (κ2) is 10.8. The molecule has 4 heteroatoms. The summed E-state index contributed by atoms with van der Waals surface area (Å²) in [6.45, 7) is 6.25. The lowest BCUT2D eigenvalue weighted by Gasteiger charge is -2.30. The van der Waals surface area contributed by atoms with E-state index in [1.807, 2.05) is 69.3 Å². The first-order valence-corrected chi connectivity index (χ1v) is 11.1. The zero-order chi connectivity index (χ0) is 22.2. The second-order valence-electron chi connectivity index (χ2n) is 8.14. The van der Waals surface area contributed by atoms with E-state index in [0.717, 1.165) is 17.5 Å². The first-order chi connectivity index (χ1) is 15.0. The largest absolute Gasteiger partial charge is 0.352 e. The van der Waals surface area contributed by atoms with E-state index in [1.165, 1.54) is 10.8 Å². The molecule has 0 aromatic heterocycles. The molecule has 2 amide bonds. The summed E-state index contributed by atoms with van der Waals surface area (Å²) in [5.74, 6) is -0.118. The molecule has 162 valence electrons. The van der Waals surface area contributed by atoms with Gasteiger partial charge in [0.1, 0.15) is 6.04 Å². The fraction of sp³-hybridized carbons (Fsp3) is 0.333. The molecule has 0 spiro atoms. The average Bonchev–Trinajstić information content (AvgIpc) is 2.81. The van der Waals surface area contributed by atoms with Crippen LogP contribution in [0.15, 0.2) is 72.8 Å². The summed E-state index contributed by atoms with van der Waals surface area (Å²) in [5.41, 5.74) is 2.17. The van der Waals surface area contributed by atoms with E-state index in [9.17, 15) is 9.59 Å². The highest BCUT2D eigenvalue weighted by atomic mass is 16.2. The number of hydrogen-bond acceptors (Lipinski definition) is 2. The number of carbonyl (C=O) groups is 2. The SMILES string of the molecule is CC[C@@H](C)NC(=O)[C@@H](C)N(Cc1ccccc1)C(=O)CCc1cccc2ccccc12. The third-order valence-electron chi connectivity index (χ3n) is 5.85. The van der Waals surface area contributed by atoms with Crippen LogP contribution in [0.5, 0.6) is 0 Å². The molecule has 0 aliphatic rings. The predicted molar refractivity (Wildman–Crippen MR) is 127 cm³/mol. The van der Waals surface area contributed by atoms with E-state index in [-0.39, 0.29) is 17.9 Å². The maximum Gasteiger partial charge on any atom is 0.242 e. The Labute approximate surface area is 185 Å². The lowest BCUT2D eigenvalue weighted by molar-refractivity contribution is -0.140. The lowest BCUT2D eigenvalue weighted by atomic mass is 10.0. The molecule has 3 rings (SSSR count). The molecule has 0 bridgehead atoms. The molecule has 2 atom stereocenters. The van der Waals surface area contributed by atoms with Crippen molar-refractivity contribution in [3.05, 3.63) is 83.9 Å². The van der Waals surface area contributed by atoms with Gasteiger partial charge >= 0.3 is 0 Å². The minimum atomic E-state index is -0.533. The Morgan fingerprint density at radius 3 is 2.32 bits per heavy atom.